The van der Waals surface area contributed by atoms with Crippen LogP contribution in [0, 0.1) is 6.92 Å². The van der Waals surface area contributed by atoms with Crippen LogP contribution < -0.4 is 5.32 Å². The van der Waals surface area contributed by atoms with Gasteiger partial charge < -0.3 is 4.90 Å². The number of carbonyl (C=O) groups is 1. The molecule has 1 aliphatic heterocycles. The molecule has 1 fully saturated rings. The third-order valence-corrected chi connectivity index (χ3v) is 5.65. The molecule has 0 aromatic carbocycles. The molecule has 18 heavy (non-hydrogen) atoms. The van der Waals surface area contributed by atoms with Gasteiger partial charge in [0.25, 0.3) is 0 Å². The van der Waals surface area contributed by atoms with E-state index in [9.17, 15) is 9.00 Å². The predicted octanol–water partition coefficient (Wildman–Crippen LogP) is 1.83. The van der Waals surface area contributed by atoms with Crippen LogP contribution in [0.2, 0.25) is 0 Å². The first-order valence-corrected chi connectivity index (χ1v) is 7.95. The van der Waals surface area contributed by atoms with Crippen LogP contribution in [0.4, 0.5) is 9.93 Å². The molecule has 0 spiro atoms. The van der Waals surface area contributed by atoms with Crippen molar-refractivity contribution in [3.05, 3.63) is 11.1 Å². The summed E-state index contributed by atoms with van der Waals surface area (Å²) in [6.45, 7) is 6.79. The smallest absolute Gasteiger partial charge is 0.322 e. The fourth-order valence-electron chi connectivity index (χ4n) is 1.84. The minimum absolute atomic E-state index is 0.158. The van der Waals surface area contributed by atoms with Crippen molar-refractivity contribution in [1.29, 1.82) is 0 Å². The molecule has 0 bridgehead atoms. The lowest BCUT2D eigenvalue weighted by molar-refractivity contribution is 0.207. The zero-order valence-corrected chi connectivity index (χ0v) is 12.4. The largest absolute Gasteiger partial charge is 0.323 e. The zero-order chi connectivity index (χ0) is 13.3. The number of nitrogens with one attached hydrogen (secondary N) is 1. The minimum Gasteiger partial charge on any atom is -0.322 e. The van der Waals surface area contributed by atoms with Gasteiger partial charge in [-0.2, -0.15) is 0 Å². The summed E-state index contributed by atoms with van der Waals surface area (Å²) in [6, 6.07) is -0.158. The summed E-state index contributed by atoms with van der Waals surface area (Å²) < 4.78 is 11.4. The summed E-state index contributed by atoms with van der Waals surface area (Å²) in [5, 5.41) is 5.29. The normalized spacial score (nSPS) is 22.8. The van der Waals surface area contributed by atoms with Crippen molar-refractivity contribution >= 4 is 33.3 Å². The molecule has 1 aliphatic rings. The van der Waals surface area contributed by atoms with E-state index < -0.39 is 10.8 Å². The summed E-state index contributed by atoms with van der Waals surface area (Å²) >= 11 is 1.41. The Morgan fingerprint density at radius 1 is 1.61 bits per heavy atom. The number of urea groups is 1. The number of carbonyl (C=O) groups excluding carboxylic acids is 1. The van der Waals surface area contributed by atoms with Crippen molar-refractivity contribution in [3.63, 3.8) is 0 Å². The summed E-state index contributed by atoms with van der Waals surface area (Å²) in [7, 11) is -0.865. The van der Waals surface area contributed by atoms with Gasteiger partial charge in [0.15, 0.2) is 5.13 Å². The molecule has 1 atom stereocenters. The third-order valence-electron chi connectivity index (χ3n) is 2.85. The van der Waals surface area contributed by atoms with Crippen LogP contribution in [-0.2, 0) is 10.8 Å². The van der Waals surface area contributed by atoms with Crippen LogP contribution in [-0.4, -0.2) is 43.7 Å². The number of hydrogen-bond donors (Lipinski definition) is 1. The Morgan fingerprint density at radius 3 is 2.89 bits per heavy atom. The Balaban J connectivity index is 2.00. The van der Waals surface area contributed by atoms with E-state index in [0.717, 1.165) is 5.69 Å². The van der Waals surface area contributed by atoms with Crippen LogP contribution >= 0.6 is 11.3 Å². The van der Waals surface area contributed by atoms with Crippen molar-refractivity contribution in [2.75, 3.05) is 24.2 Å². The van der Waals surface area contributed by atoms with Gasteiger partial charge in [0.05, 0.1) is 10.4 Å². The Bertz CT molecular complexity index is 484. The molecule has 7 heteroatoms. The number of hydrogen-bond acceptors (Lipinski definition) is 4. The van der Waals surface area contributed by atoms with Crippen LogP contribution in [0.5, 0.6) is 0 Å². The van der Waals surface area contributed by atoms with Crippen molar-refractivity contribution < 1.29 is 9.00 Å². The Morgan fingerprint density at radius 2 is 2.33 bits per heavy atom. The highest BCUT2D eigenvalue weighted by molar-refractivity contribution is 7.86. The second-order valence-electron chi connectivity index (χ2n) is 4.96. The lowest BCUT2D eigenvalue weighted by Crippen LogP contribution is -2.53. The van der Waals surface area contributed by atoms with E-state index in [-0.39, 0.29) is 10.8 Å². The molecule has 2 rings (SSSR count). The van der Waals surface area contributed by atoms with Crippen molar-refractivity contribution in [2.24, 2.45) is 0 Å². The van der Waals surface area contributed by atoms with Crippen LogP contribution in [0.3, 0.4) is 0 Å². The van der Waals surface area contributed by atoms with E-state index in [1.165, 1.54) is 11.3 Å². The second kappa shape index (κ2) is 4.97. The fourth-order valence-corrected chi connectivity index (χ4v) is 3.75. The molecule has 0 saturated carbocycles. The molecule has 0 radical (unpaired) electrons. The van der Waals surface area contributed by atoms with Crippen LogP contribution in [0.25, 0.3) is 0 Å². The van der Waals surface area contributed by atoms with Gasteiger partial charge >= 0.3 is 6.03 Å². The lowest BCUT2D eigenvalue weighted by atomic mass is 10.2. The molecule has 1 unspecified atom stereocenters. The predicted molar refractivity (Wildman–Crippen MR) is 74.5 cm³/mol. The van der Waals surface area contributed by atoms with Gasteiger partial charge in [0, 0.05) is 35.0 Å². The number of rotatable bonds is 1. The molecule has 1 aromatic heterocycles. The maximum Gasteiger partial charge on any atom is 0.323 e. The van der Waals surface area contributed by atoms with Crippen LogP contribution in [0.15, 0.2) is 5.38 Å². The minimum atomic E-state index is -0.865. The molecule has 2 heterocycles. The number of aromatic nitrogens is 1. The first-order chi connectivity index (χ1) is 8.38. The number of nitrogens with zero attached hydrogens (tertiary/aromatic N) is 2. The molecular weight excluding hydrogens is 270 g/mol. The maximum atomic E-state index is 12.1. The number of amides is 2. The average Bonchev–Trinajstić information content (AvgIpc) is 2.68. The van der Waals surface area contributed by atoms with Gasteiger partial charge in [0.1, 0.15) is 0 Å². The number of anilines is 1. The molecule has 1 saturated heterocycles. The molecule has 1 N–H and O–H groups in total. The quantitative estimate of drug-likeness (QED) is 0.857. The molecular formula is C11H17N3O2S2. The van der Waals surface area contributed by atoms with E-state index in [2.05, 4.69) is 10.3 Å². The van der Waals surface area contributed by atoms with Crippen LogP contribution in [0.1, 0.15) is 19.5 Å². The fraction of sp³-hybridized carbons (Fsp3) is 0.636. The van der Waals surface area contributed by atoms with Gasteiger partial charge in [-0.05, 0) is 20.8 Å². The highest BCUT2D eigenvalue weighted by Gasteiger charge is 2.35. The van der Waals surface area contributed by atoms with Gasteiger partial charge in [-0.1, -0.05) is 0 Å². The lowest BCUT2D eigenvalue weighted by Gasteiger charge is -2.36. The number of aryl methyl sites for hydroxylation is 1. The van der Waals surface area contributed by atoms with Gasteiger partial charge in [-0.25, -0.2) is 9.78 Å². The zero-order valence-electron chi connectivity index (χ0n) is 10.7. The number of thiazole rings is 1. The molecule has 100 valence electrons. The Hall–Kier alpha value is -0.950. The average molecular weight is 287 g/mol. The van der Waals surface area contributed by atoms with Gasteiger partial charge in [-0.15, -0.1) is 11.3 Å². The van der Waals surface area contributed by atoms with Crippen molar-refractivity contribution in [2.45, 2.75) is 25.5 Å². The van der Waals surface area contributed by atoms with Crippen molar-refractivity contribution in [1.82, 2.24) is 9.88 Å². The highest BCUT2D eigenvalue weighted by Crippen LogP contribution is 2.21. The van der Waals surface area contributed by atoms with Crippen molar-refractivity contribution in [3.8, 4) is 0 Å². The Kier molecular flexibility index (Phi) is 3.72. The summed E-state index contributed by atoms with van der Waals surface area (Å²) in [4.78, 5) is 18.0. The van der Waals surface area contributed by atoms with Gasteiger partial charge in [-0.3, -0.25) is 9.53 Å². The molecule has 5 nitrogen and oxygen atoms in total. The Labute approximate surface area is 113 Å². The van der Waals surface area contributed by atoms with E-state index in [0.29, 0.717) is 24.0 Å². The first-order valence-electron chi connectivity index (χ1n) is 5.75. The molecule has 1 aromatic rings. The third kappa shape index (κ3) is 2.89. The van der Waals surface area contributed by atoms with E-state index in [4.69, 9.17) is 0 Å². The standard InChI is InChI=1S/C11H17N3O2S2/c1-8-6-17-9(12-8)13-10(15)14-4-5-18(16)11(2,3)7-14/h6H,4-5,7H2,1-3H3,(H,12,13,15). The first kappa shape index (κ1) is 13.5. The summed E-state index contributed by atoms with van der Waals surface area (Å²) in [5.74, 6) is 0.539. The second-order valence-corrected chi connectivity index (χ2v) is 8.02. The monoisotopic (exact) mass is 287 g/mol. The SMILES string of the molecule is Cc1csc(NC(=O)N2CCS(=O)C(C)(C)C2)n1. The summed E-state index contributed by atoms with van der Waals surface area (Å²) in [6.07, 6.45) is 0. The van der Waals surface area contributed by atoms with E-state index in [1.54, 1.807) is 4.90 Å². The molecule has 0 aliphatic carbocycles. The van der Waals surface area contributed by atoms with E-state index >= 15 is 0 Å². The highest BCUT2D eigenvalue weighted by atomic mass is 32.2. The maximum absolute atomic E-state index is 12.1. The van der Waals surface area contributed by atoms with Gasteiger partial charge in [0.2, 0.25) is 0 Å². The molecule has 2 amide bonds. The topological polar surface area (TPSA) is 62.3 Å². The van der Waals surface area contributed by atoms with E-state index in [1.807, 2.05) is 26.2 Å². The summed E-state index contributed by atoms with van der Waals surface area (Å²) in [5.41, 5.74) is 0.898.